The lowest BCUT2D eigenvalue weighted by Crippen LogP contribution is -2.25. The lowest BCUT2D eigenvalue weighted by molar-refractivity contribution is -0.121. The molecule has 0 aliphatic rings. The molecule has 0 aliphatic carbocycles. The fraction of sp³-hybridized carbons (Fsp3) is 0.955. The molecule has 2 nitrogen and oxygen atoms in total. The summed E-state index contributed by atoms with van der Waals surface area (Å²) in [5.74, 6) is -0.480. The fourth-order valence-corrected chi connectivity index (χ4v) is 3.30. The minimum atomic E-state index is -0.890. The molecule has 0 aromatic rings. The van der Waals surface area contributed by atoms with E-state index in [1.165, 1.54) is 103 Å². The van der Waals surface area contributed by atoms with Crippen LogP contribution < -0.4 is 5.32 Å². The highest BCUT2D eigenvalue weighted by Crippen LogP contribution is 2.14. The van der Waals surface area contributed by atoms with Gasteiger partial charge in [0.05, 0.1) is 0 Å². The average molecular weight is 358 g/mol. The third-order valence-electron chi connectivity index (χ3n) is 4.97. The first-order valence-corrected chi connectivity index (χ1v) is 11.1. The van der Waals surface area contributed by atoms with Crippen molar-refractivity contribution in [3.05, 3.63) is 0 Å². The second-order valence-electron chi connectivity index (χ2n) is 7.49. The van der Waals surface area contributed by atoms with Crippen molar-refractivity contribution in [2.75, 3.05) is 13.2 Å². The highest BCUT2D eigenvalue weighted by molar-refractivity contribution is 5.76. The molecule has 0 bridgehead atoms. The standard InChI is InChI=1S/C22H44FNO/c1-2-3-4-5-6-7-8-9-10-11-12-13-14-15-16-17-18-19-20-24-22(25)21-23/h2-21H2,1H3,(H,24,25). The Kier molecular flexibility index (Phi) is 20.9. The lowest BCUT2D eigenvalue weighted by atomic mass is 10.0. The second kappa shape index (κ2) is 21.4. The highest BCUT2D eigenvalue weighted by atomic mass is 19.1. The minimum Gasteiger partial charge on any atom is -0.354 e. The predicted molar refractivity (Wildman–Crippen MR) is 108 cm³/mol. The number of hydrogen-bond acceptors (Lipinski definition) is 1. The van der Waals surface area contributed by atoms with Crippen LogP contribution in [0.4, 0.5) is 4.39 Å². The largest absolute Gasteiger partial charge is 0.354 e. The normalized spacial score (nSPS) is 11.0. The Hall–Kier alpha value is -0.600. The van der Waals surface area contributed by atoms with Gasteiger partial charge in [-0.25, -0.2) is 4.39 Å². The van der Waals surface area contributed by atoms with Gasteiger partial charge in [-0.3, -0.25) is 4.79 Å². The van der Waals surface area contributed by atoms with Gasteiger partial charge >= 0.3 is 0 Å². The van der Waals surface area contributed by atoms with E-state index in [9.17, 15) is 9.18 Å². The summed E-state index contributed by atoms with van der Waals surface area (Å²) >= 11 is 0. The lowest BCUT2D eigenvalue weighted by Gasteiger charge is -2.04. The maximum Gasteiger partial charge on any atom is 0.251 e. The third kappa shape index (κ3) is 21.4. The Labute approximate surface area is 156 Å². The first-order chi connectivity index (χ1) is 12.3. The summed E-state index contributed by atoms with van der Waals surface area (Å²) < 4.78 is 11.9. The van der Waals surface area contributed by atoms with Gasteiger partial charge < -0.3 is 5.32 Å². The Bertz CT molecular complexity index is 271. The van der Waals surface area contributed by atoms with Gasteiger partial charge in [0.1, 0.15) is 0 Å². The number of rotatable bonds is 20. The number of amides is 1. The van der Waals surface area contributed by atoms with Crippen LogP contribution in [0.3, 0.4) is 0 Å². The molecule has 0 atom stereocenters. The molecule has 25 heavy (non-hydrogen) atoms. The van der Waals surface area contributed by atoms with Crippen LogP contribution >= 0.6 is 0 Å². The number of carbonyl (C=O) groups excluding carboxylic acids is 1. The molecule has 0 unspecified atom stereocenters. The van der Waals surface area contributed by atoms with E-state index < -0.39 is 12.6 Å². The molecule has 150 valence electrons. The van der Waals surface area contributed by atoms with Crippen molar-refractivity contribution in [1.29, 1.82) is 0 Å². The molecule has 0 aliphatic heterocycles. The molecular weight excluding hydrogens is 313 g/mol. The van der Waals surface area contributed by atoms with Crippen molar-refractivity contribution in [2.24, 2.45) is 0 Å². The van der Waals surface area contributed by atoms with Crippen molar-refractivity contribution in [1.82, 2.24) is 5.32 Å². The second-order valence-corrected chi connectivity index (χ2v) is 7.49. The quantitative estimate of drug-likeness (QED) is 0.231. The number of alkyl halides is 1. The summed E-state index contributed by atoms with van der Waals surface area (Å²) in [5, 5.41) is 2.57. The molecule has 0 aromatic carbocycles. The molecule has 1 amide bonds. The molecule has 0 radical (unpaired) electrons. The van der Waals surface area contributed by atoms with Crippen molar-refractivity contribution in [2.45, 2.75) is 122 Å². The van der Waals surface area contributed by atoms with E-state index >= 15 is 0 Å². The minimum absolute atomic E-state index is 0.480. The number of unbranched alkanes of at least 4 members (excludes halogenated alkanes) is 17. The van der Waals surface area contributed by atoms with E-state index in [0.717, 1.165) is 12.8 Å². The number of hydrogen-bond donors (Lipinski definition) is 1. The van der Waals surface area contributed by atoms with Gasteiger partial charge in [0.25, 0.3) is 5.91 Å². The van der Waals surface area contributed by atoms with Crippen LogP contribution in [-0.2, 0) is 4.79 Å². The van der Waals surface area contributed by atoms with E-state index in [2.05, 4.69) is 12.2 Å². The van der Waals surface area contributed by atoms with E-state index in [1.807, 2.05) is 0 Å². The summed E-state index contributed by atoms with van der Waals surface area (Å²) in [6.07, 6.45) is 24.4. The summed E-state index contributed by atoms with van der Waals surface area (Å²) in [6, 6.07) is 0. The van der Waals surface area contributed by atoms with E-state index in [0.29, 0.717) is 6.54 Å². The zero-order valence-corrected chi connectivity index (χ0v) is 16.9. The molecule has 0 rings (SSSR count). The van der Waals surface area contributed by atoms with Crippen molar-refractivity contribution < 1.29 is 9.18 Å². The number of carbonyl (C=O) groups is 1. The Morgan fingerprint density at radius 1 is 0.600 bits per heavy atom. The topological polar surface area (TPSA) is 29.1 Å². The third-order valence-corrected chi connectivity index (χ3v) is 4.97. The van der Waals surface area contributed by atoms with Crippen LogP contribution in [0, 0.1) is 0 Å². The van der Waals surface area contributed by atoms with Crippen LogP contribution in [0.2, 0.25) is 0 Å². The maximum atomic E-state index is 11.9. The molecule has 0 heterocycles. The zero-order chi connectivity index (χ0) is 18.4. The Morgan fingerprint density at radius 3 is 1.24 bits per heavy atom. The molecular formula is C22H44FNO. The SMILES string of the molecule is CCCCCCCCCCCCCCCCCCCCNC(=O)CF. The van der Waals surface area contributed by atoms with E-state index in [1.54, 1.807) is 0 Å². The monoisotopic (exact) mass is 357 g/mol. The summed E-state index contributed by atoms with van der Waals surface area (Å²) in [7, 11) is 0. The van der Waals surface area contributed by atoms with Gasteiger partial charge in [-0.05, 0) is 6.42 Å². The fourth-order valence-electron chi connectivity index (χ4n) is 3.30. The van der Waals surface area contributed by atoms with Crippen LogP contribution in [0.1, 0.15) is 122 Å². The number of nitrogens with one attached hydrogen (secondary N) is 1. The van der Waals surface area contributed by atoms with Crippen LogP contribution in [0.5, 0.6) is 0 Å². The smallest absolute Gasteiger partial charge is 0.251 e. The van der Waals surface area contributed by atoms with Gasteiger partial charge in [0.15, 0.2) is 6.67 Å². The first kappa shape index (κ1) is 24.4. The number of halogens is 1. The highest BCUT2D eigenvalue weighted by Gasteiger charge is 1.98. The van der Waals surface area contributed by atoms with Crippen LogP contribution in [0.15, 0.2) is 0 Å². The Balaban J connectivity index is 2.99. The average Bonchev–Trinajstić information content (AvgIpc) is 2.63. The molecule has 0 saturated carbocycles. The molecule has 3 heteroatoms. The van der Waals surface area contributed by atoms with Crippen LogP contribution in [-0.4, -0.2) is 19.1 Å². The van der Waals surface area contributed by atoms with Crippen molar-refractivity contribution in [3.8, 4) is 0 Å². The van der Waals surface area contributed by atoms with Crippen LogP contribution in [0.25, 0.3) is 0 Å². The van der Waals surface area contributed by atoms with Gasteiger partial charge in [-0.2, -0.15) is 0 Å². The van der Waals surface area contributed by atoms with Gasteiger partial charge in [0.2, 0.25) is 0 Å². The van der Waals surface area contributed by atoms with Gasteiger partial charge in [-0.15, -0.1) is 0 Å². The molecule has 0 spiro atoms. The van der Waals surface area contributed by atoms with Gasteiger partial charge in [0, 0.05) is 6.54 Å². The summed E-state index contributed by atoms with van der Waals surface area (Å²) in [4.78, 5) is 10.7. The van der Waals surface area contributed by atoms with Crippen molar-refractivity contribution in [3.63, 3.8) is 0 Å². The first-order valence-electron chi connectivity index (χ1n) is 11.1. The van der Waals surface area contributed by atoms with E-state index in [4.69, 9.17) is 0 Å². The van der Waals surface area contributed by atoms with Gasteiger partial charge in [-0.1, -0.05) is 116 Å². The van der Waals surface area contributed by atoms with E-state index in [-0.39, 0.29) is 0 Å². The summed E-state index contributed by atoms with van der Waals surface area (Å²) in [6.45, 7) is 2.02. The molecule has 0 fully saturated rings. The molecule has 0 saturated heterocycles. The summed E-state index contributed by atoms with van der Waals surface area (Å²) in [5.41, 5.74) is 0. The molecule has 1 N–H and O–H groups in total. The zero-order valence-electron chi connectivity index (χ0n) is 16.9. The van der Waals surface area contributed by atoms with Crippen molar-refractivity contribution >= 4 is 5.91 Å². The Morgan fingerprint density at radius 2 is 0.920 bits per heavy atom. The predicted octanol–water partition coefficient (Wildman–Crippen LogP) is 7.11. The maximum absolute atomic E-state index is 11.9. The molecule has 0 aromatic heterocycles.